The first kappa shape index (κ1) is 24.7. The van der Waals surface area contributed by atoms with Crippen LogP contribution in [-0.4, -0.2) is 57.2 Å². The highest BCUT2D eigenvalue weighted by atomic mass is 35.5. The van der Waals surface area contributed by atoms with E-state index in [-0.39, 0.29) is 29.3 Å². The van der Waals surface area contributed by atoms with Gasteiger partial charge in [-0.05, 0) is 57.0 Å². The van der Waals surface area contributed by atoms with Crippen LogP contribution in [0.5, 0.6) is 5.75 Å². The topological polar surface area (TPSA) is 110 Å². The van der Waals surface area contributed by atoms with Gasteiger partial charge in [-0.2, -0.15) is 9.97 Å². The van der Waals surface area contributed by atoms with Crippen molar-refractivity contribution in [3.05, 3.63) is 40.4 Å². The number of halogens is 2. The molecule has 1 N–H and O–H groups in total. The van der Waals surface area contributed by atoms with E-state index in [0.717, 1.165) is 5.56 Å². The number of nitrogens with one attached hydrogen (secondary N) is 1. The molecule has 10 nitrogen and oxygen atoms in total. The molecule has 2 aliphatic carbocycles. The van der Waals surface area contributed by atoms with Crippen LogP contribution >= 0.6 is 23.2 Å². The van der Waals surface area contributed by atoms with Gasteiger partial charge in [0.25, 0.3) is 0 Å². The Morgan fingerprint density at radius 2 is 2.08 bits per heavy atom. The average molecular weight is 548 g/mol. The van der Waals surface area contributed by atoms with E-state index >= 15 is 0 Å². The van der Waals surface area contributed by atoms with E-state index in [2.05, 4.69) is 20.3 Å². The fraction of sp³-hybridized carbons (Fsp3) is 0.520. The highest BCUT2D eigenvalue weighted by Gasteiger charge is 2.80. The van der Waals surface area contributed by atoms with E-state index in [1.165, 1.54) is 0 Å². The predicted molar refractivity (Wildman–Crippen MR) is 136 cm³/mol. The van der Waals surface area contributed by atoms with E-state index in [9.17, 15) is 4.79 Å². The van der Waals surface area contributed by atoms with Gasteiger partial charge >= 0.3 is 5.97 Å². The van der Waals surface area contributed by atoms with Crippen molar-refractivity contribution >= 4 is 46.2 Å². The summed E-state index contributed by atoms with van der Waals surface area (Å²) < 4.78 is 25.4. The summed E-state index contributed by atoms with van der Waals surface area (Å²) in [6, 6.07) is 5.17. The van der Waals surface area contributed by atoms with Gasteiger partial charge < -0.3 is 28.8 Å². The summed E-state index contributed by atoms with van der Waals surface area (Å²) in [5.41, 5.74) is 1.21. The molecule has 2 saturated carbocycles. The van der Waals surface area contributed by atoms with E-state index < -0.39 is 17.3 Å². The summed E-state index contributed by atoms with van der Waals surface area (Å²) in [5, 5.41) is 3.96. The molecule has 0 spiro atoms. The number of methoxy groups -OCH3 is 1. The predicted octanol–water partition coefficient (Wildman–Crippen LogP) is 4.40. The molecule has 3 aliphatic rings. The molecule has 12 heteroatoms. The highest BCUT2D eigenvalue weighted by molar-refractivity contribution is 6.30. The third-order valence-corrected chi connectivity index (χ3v) is 7.91. The maximum atomic E-state index is 13.1. The Kier molecular flexibility index (Phi) is 5.79. The van der Waals surface area contributed by atoms with E-state index in [0.29, 0.717) is 47.3 Å². The second-order valence-electron chi connectivity index (χ2n) is 10.1. The van der Waals surface area contributed by atoms with Crippen LogP contribution in [0.3, 0.4) is 0 Å². The zero-order chi connectivity index (χ0) is 26.1. The third-order valence-electron chi connectivity index (χ3n) is 7.50. The van der Waals surface area contributed by atoms with Gasteiger partial charge in [-0.1, -0.05) is 11.6 Å². The van der Waals surface area contributed by atoms with E-state index in [4.69, 9.17) is 42.1 Å². The van der Waals surface area contributed by atoms with Crippen LogP contribution < -0.4 is 10.1 Å². The lowest BCUT2D eigenvalue weighted by molar-refractivity contribution is -0.172. The molecule has 1 aromatic carbocycles. The van der Waals surface area contributed by atoms with Crippen molar-refractivity contribution in [2.45, 2.75) is 57.8 Å². The number of ether oxygens (including phenoxy) is 4. The van der Waals surface area contributed by atoms with Crippen molar-refractivity contribution in [1.82, 2.24) is 19.5 Å². The van der Waals surface area contributed by atoms with Gasteiger partial charge in [-0.25, -0.2) is 4.98 Å². The molecule has 0 radical (unpaired) electrons. The summed E-state index contributed by atoms with van der Waals surface area (Å²) in [7, 11) is 1.60. The minimum atomic E-state index is -0.827. The molecule has 0 unspecified atom stereocenters. The molecule has 1 aliphatic heterocycles. The number of aromatic nitrogens is 4. The Bertz CT molecular complexity index is 1400. The second kappa shape index (κ2) is 8.69. The van der Waals surface area contributed by atoms with Gasteiger partial charge in [0.2, 0.25) is 5.28 Å². The van der Waals surface area contributed by atoms with Gasteiger partial charge in [-0.15, -0.1) is 0 Å². The normalized spacial score (nSPS) is 29.1. The van der Waals surface area contributed by atoms with Gasteiger partial charge in [0, 0.05) is 23.0 Å². The number of nitrogens with zero attached hydrogens (tertiary/aromatic N) is 4. The fourth-order valence-electron chi connectivity index (χ4n) is 5.99. The molecule has 3 heterocycles. The number of imidazole rings is 1. The number of anilines is 1. The number of hydrogen-bond acceptors (Lipinski definition) is 9. The van der Waals surface area contributed by atoms with Crippen LogP contribution in [0.25, 0.3) is 11.2 Å². The Balaban J connectivity index is 1.36. The first-order valence-corrected chi connectivity index (χ1v) is 12.9. The van der Waals surface area contributed by atoms with Gasteiger partial charge in [-0.3, -0.25) is 4.79 Å². The average Bonchev–Trinajstić information content (AvgIpc) is 3.18. The molecule has 1 saturated heterocycles. The molecule has 3 aromatic rings. The van der Waals surface area contributed by atoms with E-state index in [1.807, 2.05) is 37.5 Å². The minimum absolute atomic E-state index is 0.0316. The zero-order valence-electron chi connectivity index (χ0n) is 20.8. The highest BCUT2D eigenvalue weighted by Crippen LogP contribution is 2.72. The number of carbonyl (C=O) groups excluding carboxylic acids is 1. The first-order valence-electron chi connectivity index (χ1n) is 12.2. The molecule has 5 atom stereocenters. The molecule has 0 bridgehead atoms. The van der Waals surface area contributed by atoms with Crippen LogP contribution in [0.15, 0.2) is 24.5 Å². The second-order valence-corrected chi connectivity index (χ2v) is 10.8. The Morgan fingerprint density at radius 1 is 1.27 bits per heavy atom. The Labute approximate surface area is 223 Å². The lowest BCUT2D eigenvalue weighted by atomic mass is 9.99. The van der Waals surface area contributed by atoms with Crippen molar-refractivity contribution in [1.29, 1.82) is 0 Å². The van der Waals surface area contributed by atoms with Crippen LogP contribution in [0, 0.1) is 11.3 Å². The van der Waals surface area contributed by atoms with Gasteiger partial charge in [0.1, 0.15) is 23.4 Å². The largest absolute Gasteiger partial charge is 0.496 e. The number of esters is 1. The summed E-state index contributed by atoms with van der Waals surface area (Å²) in [6.07, 6.45) is 1.57. The minimum Gasteiger partial charge on any atom is -0.496 e. The molecule has 37 heavy (non-hydrogen) atoms. The van der Waals surface area contributed by atoms with Crippen molar-refractivity contribution in [2.24, 2.45) is 11.3 Å². The fourth-order valence-corrected chi connectivity index (χ4v) is 6.35. The smallest absolute Gasteiger partial charge is 0.315 e. The molecule has 3 fully saturated rings. The van der Waals surface area contributed by atoms with Crippen LogP contribution in [-0.2, 0) is 25.5 Å². The monoisotopic (exact) mass is 547 g/mol. The zero-order valence-corrected chi connectivity index (χ0v) is 22.3. The van der Waals surface area contributed by atoms with Crippen LogP contribution in [0.2, 0.25) is 10.3 Å². The van der Waals surface area contributed by atoms with Crippen molar-refractivity contribution in [2.75, 3.05) is 19.0 Å². The summed E-state index contributed by atoms with van der Waals surface area (Å²) in [6.45, 7) is 6.21. The number of rotatable bonds is 7. The van der Waals surface area contributed by atoms with E-state index in [1.54, 1.807) is 19.5 Å². The maximum absolute atomic E-state index is 13.1. The van der Waals surface area contributed by atoms with Crippen molar-refractivity contribution < 1.29 is 23.7 Å². The summed E-state index contributed by atoms with van der Waals surface area (Å²) in [5.74, 6) is 0.0685. The molecule has 2 aromatic heterocycles. The number of fused-ring (bicyclic) bond motifs is 4. The molecular formula is C25H27Cl2N5O5. The van der Waals surface area contributed by atoms with Crippen LogP contribution in [0.1, 0.15) is 38.8 Å². The Hall–Kier alpha value is -2.66. The van der Waals surface area contributed by atoms with Gasteiger partial charge in [0.05, 0.1) is 26.1 Å². The Morgan fingerprint density at radius 3 is 2.84 bits per heavy atom. The third kappa shape index (κ3) is 3.84. The number of benzene rings is 1. The number of carbonyl (C=O) groups is 1. The SMILES string of the molecule is CCOC(=O)[C@@]12C[C@@H]1[C@@H](n1cnc3c(NCc4cc(Cl)ccc4OC)nc(Cl)nc31)[C@@H]1OC(C)(C)O[C@@H]12. The maximum Gasteiger partial charge on any atom is 0.315 e. The summed E-state index contributed by atoms with van der Waals surface area (Å²) in [4.78, 5) is 26.6. The van der Waals surface area contributed by atoms with Crippen LogP contribution in [0.4, 0.5) is 5.82 Å². The molecule has 0 amide bonds. The van der Waals surface area contributed by atoms with Crippen molar-refractivity contribution in [3.8, 4) is 5.75 Å². The van der Waals surface area contributed by atoms with Gasteiger partial charge in [0.15, 0.2) is 22.8 Å². The summed E-state index contributed by atoms with van der Waals surface area (Å²) >= 11 is 12.6. The lowest BCUT2D eigenvalue weighted by Gasteiger charge is -2.24. The molecule has 6 rings (SSSR count). The molecular weight excluding hydrogens is 521 g/mol. The van der Waals surface area contributed by atoms with Crippen molar-refractivity contribution in [3.63, 3.8) is 0 Å². The molecule has 196 valence electrons. The lowest BCUT2D eigenvalue weighted by Crippen LogP contribution is -2.36. The standard InChI is InChI=1S/C25H27Cl2N5O5/c1-5-35-22(33)25-9-14(25)17(18-19(25)37-24(2,3)36-18)32-11-29-16-20(30-23(27)31-21(16)32)28-10-12-8-13(26)6-7-15(12)34-4/h6-8,11,14,17-19H,5,9-10H2,1-4H3,(H,28,30,31)/t14-,17-,18+,19+,25+/m1/s1. The number of hydrogen-bond donors (Lipinski definition) is 1. The quantitative estimate of drug-likeness (QED) is 0.340. The first-order chi connectivity index (χ1) is 17.7.